The number of nitrogens with zero attached hydrogens (tertiary/aromatic N) is 1. The normalized spacial score (nSPS) is 10.5. The van der Waals surface area contributed by atoms with Crippen LogP contribution in [0.1, 0.15) is 23.0 Å². The molecule has 2 rings (SSSR count). The zero-order valence-corrected chi connectivity index (χ0v) is 12.2. The van der Waals surface area contributed by atoms with E-state index in [0.717, 1.165) is 17.0 Å². The van der Waals surface area contributed by atoms with Crippen molar-refractivity contribution in [1.29, 1.82) is 0 Å². The Kier molecular flexibility index (Phi) is 4.50. The Balaban J connectivity index is 2.19. The lowest BCUT2D eigenvalue weighted by Crippen LogP contribution is -2.12. The summed E-state index contributed by atoms with van der Waals surface area (Å²) in [4.78, 5) is 13.1. The fourth-order valence-corrected chi connectivity index (χ4v) is 2.24. The summed E-state index contributed by atoms with van der Waals surface area (Å²) in [5.41, 5.74) is 1.42. The van der Waals surface area contributed by atoms with Gasteiger partial charge in [-0.05, 0) is 30.9 Å². The monoisotopic (exact) mass is 295 g/mol. The van der Waals surface area contributed by atoms with Crippen LogP contribution in [0.25, 0.3) is 0 Å². The van der Waals surface area contributed by atoms with Gasteiger partial charge in [0, 0.05) is 16.7 Å². The van der Waals surface area contributed by atoms with Gasteiger partial charge in [0.2, 0.25) is 0 Å². The van der Waals surface area contributed by atoms with Crippen LogP contribution in [-0.2, 0) is 6.42 Å². The van der Waals surface area contributed by atoms with Gasteiger partial charge in [-0.15, -0.1) is 11.8 Å². The molecule has 4 nitrogen and oxygen atoms in total. The van der Waals surface area contributed by atoms with Crippen LogP contribution in [0.3, 0.4) is 0 Å². The Labute approximate surface area is 120 Å². The highest BCUT2D eigenvalue weighted by Gasteiger charge is 2.12. The molecule has 1 heterocycles. The molecule has 6 heteroatoms. The minimum absolute atomic E-state index is 0.255. The third-order valence-corrected chi connectivity index (χ3v) is 3.73. The highest BCUT2D eigenvalue weighted by atomic mass is 35.5. The van der Waals surface area contributed by atoms with Crippen LogP contribution < -0.4 is 5.32 Å². The number of hydrogen-bond acceptors (Lipinski definition) is 3. The molecule has 0 radical (unpaired) electrons. The molecule has 0 unspecified atom stereocenters. The lowest BCUT2D eigenvalue weighted by Gasteiger charge is -2.06. The van der Waals surface area contributed by atoms with Crippen LogP contribution in [0, 0.1) is 0 Å². The van der Waals surface area contributed by atoms with Crippen molar-refractivity contribution in [2.75, 3.05) is 11.6 Å². The number of anilines is 1. The van der Waals surface area contributed by atoms with Crippen molar-refractivity contribution in [2.24, 2.45) is 0 Å². The third-order valence-electron chi connectivity index (χ3n) is 2.67. The van der Waals surface area contributed by atoms with E-state index in [1.54, 1.807) is 23.9 Å². The van der Waals surface area contributed by atoms with Gasteiger partial charge in [0.05, 0.1) is 10.6 Å². The van der Waals surface area contributed by atoms with E-state index in [1.807, 2.05) is 25.3 Å². The first-order chi connectivity index (χ1) is 9.13. The number of aromatic nitrogens is 2. The van der Waals surface area contributed by atoms with Crippen LogP contribution in [-0.4, -0.2) is 22.4 Å². The minimum Gasteiger partial charge on any atom is -0.305 e. The van der Waals surface area contributed by atoms with E-state index in [1.165, 1.54) is 0 Å². The molecule has 0 aliphatic rings. The minimum atomic E-state index is -0.255. The van der Waals surface area contributed by atoms with Crippen molar-refractivity contribution < 1.29 is 4.79 Å². The van der Waals surface area contributed by atoms with Gasteiger partial charge in [-0.1, -0.05) is 18.5 Å². The highest BCUT2D eigenvalue weighted by Crippen LogP contribution is 2.23. The molecule has 100 valence electrons. The molecule has 2 N–H and O–H groups in total. The van der Waals surface area contributed by atoms with E-state index >= 15 is 0 Å². The molecule has 1 aromatic carbocycles. The first-order valence-corrected chi connectivity index (χ1v) is 7.43. The average molecular weight is 296 g/mol. The highest BCUT2D eigenvalue weighted by molar-refractivity contribution is 7.98. The van der Waals surface area contributed by atoms with Crippen molar-refractivity contribution in [2.45, 2.75) is 18.2 Å². The van der Waals surface area contributed by atoms with Gasteiger partial charge in [0.15, 0.2) is 5.82 Å². The maximum Gasteiger partial charge on any atom is 0.258 e. The topological polar surface area (TPSA) is 57.8 Å². The SMILES string of the molecule is CCc1cc(NC(=O)c2cc(SC)ccc2Cl)n[nH]1. The smallest absolute Gasteiger partial charge is 0.258 e. The van der Waals surface area contributed by atoms with Gasteiger partial charge in [0.25, 0.3) is 5.91 Å². The standard InChI is InChI=1S/C13H14ClN3OS/c1-3-8-6-12(17-16-8)15-13(18)10-7-9(19-2)4-5-11(10)14/h4-7H,3H2,1-2H3,(H2,15,16,17,18). The lowest BCUT2D eigenvalue weighted by molar-refractivity contribution is 0.102. The fraction of sp³-hybridized carbons (Fsp3) is 0.231. The molecule has 0 atom stereocenters. The molecule has 0 saturated carbocycles. The molecular formula is C13H14ClN3OS. The number of hydrogen-bond donors (Lipinski definition) is 2. The summed E-state index contributed by atoms with van der Waals surface area (Å²) >= 11 is 7.61. The number of aryl methyl sites for hydroxylation is 1. The van der Waals surface area contributed by atoms with Crippen LogP contribution in [0.5, 0.6) is 0 Å². The van der Waals surface area contributed by atoms with Crippen LogP contribution in [0.4, 0.5) is 5.82 Å². The fourth-order valence-electron chi connectivity index (χ4n) is 1.60. The number of H-pyrrole nitrogens is 1. The second-order valence-corrected chi connectivity index (χ2v) is 5.22. The van der Waals surface area contributed by atoms with Crippen molar-refractivity contribution in [3.63, 3.8) is 0 Å². The van der Waals surface area contributed by atoms with E-state index < -0.39 is 0 Å². The molecule has 0 bridgehead atoms. The van der Waals surface area contributed by atoms with Crippen LogP contribution in [0.2, 0.25) is 5.02 Å². The van der Waals surface area contributed by atoms with Crippen molar-refractivity contribution >= 4 is 35.1 Å². The summed E-state index contributed by atoms with van der Waals surface area (Å²) in [5, 5.41) is 10.0. The number of thioether (sulfide) groups is 1. The summed E-state index contributed by atoms with van der Waals surface area (Å²) in [7, 11) is 0. The predicted octanol–water partition coefficient (Wildman–Crippen LogP) is 3.60. The zero-order chi connectivity index (χ0) is 13.8. The molecule has 1 amide bonds. The van der Waals surface area contributed by atoms with Crippen LogP contribution >= 0.6 is 23.4 Å². The summed E-state index contributed by atoms with van der Waals surface area (Å²) < 4.78 is 0. The number of rotatable bonds is 4. The number of aromatic amines is 1. The number of carbonyl (C=O) groups is 1. The number of carbonyl (C=O) groups excluding carboxylic acids is 1. The van der Waals surface area contributed by atoms with Crippen LogP contribution in [0.15, 0.2) is 29.2 Å². The first kappa shape index (κ1) is 14.0. The summed E-state index contributed by atoms with van der Waals surface area (Å²) in [6.07, 6.45) is 2.79. The molecule has 0 saturated heterocycles. The van der Waals surface area contributed by atoms with Gasteiger partial charge < -0.3 is 5.32 Å². The van der Waals surface area contributed by atoms with Crippen molar-refractivity contribution in [3.8, 4) is 0 Å². The molecule has 19 heavy (non-hydrogen) atoms. The molecular weight excluding hydrogens is 282 g/mol. The maximum absolute atomic E-state index is 12.1. The maximum atomic E-state index is 12.1. The Hall–Kier alpha value is -1.46. The van der Waals surface area contributed by atoms with Crippen molar-refractivity contribution in [3.05, 3.63) is 40.5 Å². The third kappa shape index (κ3) is 3.30. The largest absolute Gasteiger partial charge is 0.305 e. The Morgan fingerprint density at radius 2 is 2.26 bits per heavy atom. The Morgan fingerprint density at radius 3 is 2.89 bits per heavy atom. The number of nitrogens with one attached hydrogen (secondary N) is 2. The quantitative estimate of drug-likeness (QED) is 0.847. The van der Waals surface area contributed by atoms with Crippen molar-refractivity contribution in [1.82, 2.24) is 10.2 Å². The van der Waals surface area contributed by atoms with Gasteiger partial charge in [-0.25, -0.2) is 0 Å². The lowest BCUT2D eigenvalue weighted by atomic mass is 10.2. The van der Waals surface area contributed by atoms with Gasteiger partial charge in [-0.2, -0.15) is 5.10 Å². The van der Waals surface area contributed by atoms with Gasteiger partial charge in [0.1, 0.15) is 0 Å². The van der Waals surface area contributed by atoms with E-state index in [9.17, 15) is 4.79 Å². The number of benzene rings is 1. The average Bonchev–Trinajstić information content (AvgIpc) is 2.87. The second kappa shape index (κ2) is 6.12. The molecule has 1 aromatic heterocycles. The number of halogens is 1. The van der Waals surface area contributed by atoms with Gasteiger partial charge >= 0.3 is 0 Å². The van der Waals surface area contributed by atoms with E-state index in [0.29, 0.717) is 16.4 Å². The predicted molar refractivity (Wildman–Crippen MR) is 79.2 cm³/mol. The Morgan fingerprint density at radius 1 is 1.47 bits per heavy atom. The molecule has 0 spiro atoms. The summed E-state index contributed by atoms with van der Waals surface area (Å²) in [5.74, 6) is 0.252. The van der Waals surface area contributed by atoms with E-state index in [-0.39, 0.29) is 5.91 Å². The zero-order valence-electron chi connectivity index (χ0n) is 10.7. The first-order valence-electron chi connectivity index (χ1n) is 5.83. The summed E-state index contributed by atoms with van der Waals surface area (Å²) in [6.45, 7) is 2.01. The number of amides is 1. The Bertz CT molecular complexity index is 597. The molecule has 0 aliphatic heterocycles. The van der Waals surface area contributed by atoms with E-state index in [2.05, 4.69) is 15.5 Å². The van der Waals surface area contributed by atoms with Gasteiger partial charge in [-0.3, -0.25) is 9.89 Å². The second-order valence-electron chi connectivity index (χ2n) is 3.93. The van der Waals surface area contributed by atoms with E-state index in [4.69, 9.17) is 11.6 Å². The molecule has 0 fully saturated rings. The molecule has 2 aromatic rings. The molecule has 0 aliphatic carbocycles. The summed E-state index contributed by atoms with van der Waals surface area (Å²) in [6, 6.07) is 7.19.